The Morgan fingerprint density at radius 2 is 1.92 bits per heavy atom. The normalized spacial score (nSPS) is 11.7. The van der Waals surface area contributed by atoms with E-state index in [0.29, 0.717) is 0 Å². The lowest BCUT2D eigenvalue weighted by atomic mass is 10.1. The summed E-state index contributed by atoms with van der Waals surface area (Å²) in [5, 5.41) is 2.20. The molecule has 136 valence electrons. The fourth-order valence-electron chi connectivity index (χ4n) is 2.82. The third kappa shape index (κ3) is 4.46. The minimum absolute atomic E-state index is 0.843. The van der Waals surface area contributed by atoms with E-state index in [0.717, 1.165) is 33.7 Å². The molecule has 0 N–H and O–H groups in total. The number of aromatic nitrogens is 1. The first-order chi connectivity index (χ1) is 12.7. The summed E-state index contributed by atoms with van der Waals surface area (Å²) in [6.45, 7) is 3.21. The fourth-order valence-corrected chi connectivity index (χ4v) is 4.32. The minimum atomic E-state index is 0.843. The molecule has 0 unspecified atom stereocenters. The van der Waals surface area contributed by atoms with Crippen LogP contribution in [0.3, 0.4) is 0 Å². The summed E-state index contributed by atoms with van der Waals surface area (Å²) in [4.78, 5) is 5.90. The Bertz CT molecular complexity index is 915. The first-order valence-corrected chi connectivity index (χ1v) is 10.5. The van der Waals surface area contributed by atoms with Crippen LogP contribution in [0, 0.1) is 0 Å². The number of hydrogen-bond acceptors (Lipinski definition) is 3. The Balaban J connectivity index is 2.05. The van der Waals surface area contributed by atoms with E-state index in [2.05, 4.69) is 44.9 Å². The van der Waals surface area contributed by atoms with Crippen LogP contribution in [0.25, 0.3) is 11.3 Å². The van der Waals surface area contributed by atoms with E-state index in [1.54, 1.807) is 18.4 Å². The Kier molecular flexibility index (Phi) is 6.69. The van der Waals surface area contributed by atoms with Gasteiger partial charge in [-0.25, -0.2) is 4.99 Å². The quantitative estimate of drug-likeness (QED) is 0.397. The SMILES string of the molecule is CCCCCn1c(-c2ccc(OC)c(Br)c2)csc1=Nc1ccccc1. The van der Waals surface area contributed by atoms with Gasteiger partial charge in [0.15, 0.2) is 4.80 Å². The third-order valence-corrected chi connectivity index (χ3v) is 5.69. The van der Waals surface area contributed by atoms with Crippen LogP contribution in [0.15, 0.2) is 63.4 Å². The van der Waals surface area contributed by atoms with Crippen molar-refractivity contribution in [3.8, 4) is 17.0 Å². The lowest BCUT2D eigenvalue weighted by molar-refractivity contribution is 0.412. The molecular weight excluding hydrogens is 408 g/mol. The molecule has 3 aromatic rings. The zero-order valence-corrected chi connectivity index (χ0v) is 17.5. The number of halogens is 1. The number of methoxy groups -OCH3 is 1. The van der Waals surface area contributed by atoms with Crippen LogP contribution in [0.4, 0.5) is 5.69 Å². The molecule has 5 heteroatoms. The molecule has 0 amide bonds. The Morgan fingerprint density at radius 1 is 1.12 bits per heavy atom. The number of hydrogen-bond donors (Lipinski definition) is 0. The monoisotopic (exact) mass is 430 g/mol. The molecule has 0 aliphatic rings. The lowest BCUT2D eigenvalue weighted by Crippen LogP contribution is -2.16. The highest BCUT2D eigenvalue weighted by atomic mass is 79.9. The highest BCUT2D eigenvalue weighted by Crippen LogP contribution is 2.31. The summed E-state index contributed by atoms with van der Waals surface area (Å²) in [5.74, 6) is 0.843. The molecule has 3 nitrogen and oxygen atoms in total. The average Bonchev–Trinajstić information content (AvgIpc) is 3.05. The number of nitrogens with zero attached hydrogens (tertiary/aromatic N) is 2. The van der Waals surface area contributed by atoms with Crippen LogP contribution in [-0.2, 0) is 6.54 Å². The number of unbranched alkanes of at least 4 members (excludes halogenated alkanes) is 2. The molecule has 0 aliphatic heterocycles. The van der Waals surface area contributed by atoms with Crippen molar-refractivity contribution in [2.75, 3.05) is 7.11 Å². The van der Waals surface area contributed by atoms with E-state index in [1.165, 1.54) is 24.1 Å². The maximum absolute atomic E-state index is 5.36. The van der Waals surface area contributed by atoms with E-state index in [1.807, 2.05) is 36.4 Å². The van der Waals surface area contributed by atoms with Crippen LogP contribution in [0.2, 0.25) is 0 Å². The second kappa shape index (κ2) is 9.19. The number of para-hydroxylation sites is 1. The first-order valence-electron chi connectivity index (χ1n) is 8.85. The van der Waals surface area contributed by atoms with E-state index in [9.17, 15) is 0 Å². The van der Waals surface area contributed by atoms with Gasteiger partial charge in [-0.2, -0.15) is 0 Å². The van der Waals surface area contributed by atoms with Gasteiger partial charge < -0.3 is 9.30 Å². The van der Waals surface area contributed by atoms with Gasteiger partial charge in [0.05, 0.1) is 23.0 Å². The molecule has 1 heterocycles. The average molecular weight is 431 g/mol. The topological polar surface area (TPSA) is 26.5 Å². The number of ether oxygens (including phenoxy) is 1. The summed E-state index contributed by atoms with van der Waals surface area (Å²) in [5.41, 5.74) is 3.35. The fraction of sp³-hybridized carbons (Fsp3) is 0.286. The molecule has 2 aromatic carbocycles. The van der Waals surface area contributed by atoms with Crippen LogP contribution >= 0.6 is 27.3 Å². The highest BCUT2D eigenvalue weighted by Gasteiger charge is 2.10. The summed E-state index contributed by atoms with van der Waals surface area (Å²) in [7, 11) is 1.69. The van der Waals surface area contributed by atoms with Crippen LogP contribution in [0.5, 0.6) is 5.75 Å². The van der Waals surface area contributed by atoms with Gasteiger partial charge in [-0.3, -0.25) is 0 Å². The second-order valence-corrected chi connectivity index (χ2v) is 7.75. The molecule has 0 saturated heterocycles. The summed E-state index contributed by atoms with van der Waals surface area (Å²) in [6.07, 6.45) is 3.58. The van der Waals surface area contributed by atoms with E-state index in [-0.39, 0.29) is 0 Å². The zero-order valence-electron chi connectivity index (χ0n) is 15.1. The molecule has 0 spiro atoms. The molecule has 0 bridgehead atoms. The standard InChI is InChI=1S/C21H23BrN2OS/c1-3-4-8-13-24-19(16-11-12-20(25-2)18(22)14-16)15-26-21(24)23-17-9-6-5-7-10-17/h5-7,9-12,14-15H,3-4,8,13H2,1-2H3. The van der Waals surface area contributed by atoms with E-state index >= 15 is 0 Å². The molecular formula is C21H23BrN2OS. The first kappa shape index (κ1) is 18.9. The van der Waals surface area contributed by atoms with Crippen molar-refractivity contribution in [3.63, 3.8) is 0 Å². The Morgan fingerprint density at radius 3 is 2.62 bits per heavy atom. The number of rotatable bonds is 7. The maximum Gasteiger partial charge on any atom is 0.190 e. The zero-order chi connectivity index (χ0) is 18.4. The van der Waals surface area contributed by atoms with Gasteiger partial charge in [0.25, 0.3) is 0 Å². The van der Waals surface area contributed by atoms with E-state index < -0.39 is 0 Å². The van der Waals surface area contributed by atoms with Gasteiger partial charge in [-0.05, 0) is 52.7 Å². The number of thiazole rings is 1. The van der Waals surface area contributed by atoms with Gasteiger partial charge in [0.1, 0.15) is 5.75 Å². The van der Waals surface area contributed by atoms with Crippen molar-refractivity contribution in [2.45, 2.75) is 32.7 Å². The Labute approximate surface area is 167 Å². The molecule has 0 atom stereocenters. The lowest BCUT2D eigenvalue weighted by Gasteiger charge is -2.11. The van der Waals surface area contributed by atoms with Crippen molar-refractivity contribution in [2.24, 2.45) is 4.99 Å². The molecule has 3 rings (SSSR count). The smallest absolute Gasteiger partial charge is 0.190 e. The van der Waals surface area contributed by atoms with Gasteiger partial charge in [0.2, 0.25) is 0 Å². The highest BCUT2D eigenvalue weighted by molar-refractivity contribution is 9.10. The molecule has 26 heavy (non-hydrogen) atoms. The summed E-state index contributed by atoms with van der Waals surface area (Å²) < 4.78 is 8.66. The molecule has 0 fully saturated rings. The Hall–Kier alpha value is -1.85. The van der Waals surface area contributed by atoms with Gasteiger partial charge >= 0.3 is 0 Å². The van der Waals surface area contributed by atoms with Gasteiger partial charge in [-0.1, -0.05) is 38.0 Å². The predicted molar refractivity (Wildman–Crippen MR) is 113 cm³/mol. The minimum Gasteiger partial charge on any atom is -0.496 e. The van der Waals surface area contributed by atoms with Crippen LogP contribution in [-0.4, -0.2) is 11.7 Å². The molecule has 0 aliphatic carbocycles. The van der Waals surface area contributed by atoms with Crippen molar-refractivity contribution in [1.82, 2.24) is 4.57 Å². The predicted octanol–water partition coefficient (Wildman–Crippen LogP) is 6.41. The van der Waals surface area contributed by atoms with Crippen molar-refractivity contribution >= 4 is 33.0 Å². The maximum atomic E-state index is 5.36. The van der Waals surface area contributed by atoms with Crippen LogP contribution in [0.1, 0.15) is 26.2 Å². The summed E-state index contributed by atoms with van der Waals surface area (Å²) >= 11 is 5.29. The third-order valence-electron chi connectivity index (χ3n) is 4.21. The second-order valence-electron chi connectivity index (χ2n) is 6.06. The van der Waals surface area contributed by atoms with Crippen molar-refractivity contribution in [3.05, 3.63) is 63.2 Å². The molecule has 0 radical (unpaired) electrons. The summed E-state index contributed by atoms with van der Waals surface area (Å²) in [6, 6.07) is 16.4. The molecule has 0 saturated carbocycles. The number of benzene rings is 2. The van der Waals surface area contributed by atoms with Gasteiger partial charge in [0, 0.05) is 17.5 Å². The van der Waals surface area contributed by atoms with Crippen molar-refractivity contribution in [1.29, 1.82) is 0 Å². The van der Waals surface area contributed by atoms with E-state index in [4.69, 9.17) is 9.73 Å². The van der Waals surface area contributed by atoms with Crippen LogP contribution < -0.4 is 9.54 Å². The molecule has 1 aromatic heterocycles. The largest absolute Gasteiger partial charge is 0.496 e. The van der Waals surface area contributed by atoms with Crippen molar-refractivity contribution < 1.29 is 4.74 Å². The van der Waals surface area contributed by atoms with Gasteiger partial charge in [-0.15, -0.1) is 11.3 Å².